The molecule has 2 rings (SSSR count). The third-order valence-electron chi connectivity index (χ3n) is 3.69. The number of carboxylic acid groups (broad SMARTS) is 1. The zero-order chi connectivity index (χ0) is 19.7. The normalized spacial score (nSPS) is 19.2. The number of amides is 1. The van der Waals surface area contributed by atoms with Crippen LogP contribution in [0.3, 0.4) is 0 Å². The molecule has 1 heterocycles. The second-order valence-corrected chi connectivity index (χ2v) is 9.66. The third kappa shape index (κ3) is 4.74. The van der Waals surface area contributed by atoms with E-state index in [-0.39, 0.29) is 24.5 Å². The van der Waals surface area contributed by atoms with E-state index in [0.29, 0.717) is 4.47 Å². The van der Waals surface area contributed by atoms with Gasteiger partial charge in [0.15, 0.2) is 0 Å². The maximum atomic E-state index is 12.8. The monoisotopic (exact) mass is 448 g/mol. The van der Waals surface area contributed by atoms with Crippen molar-refractivity contribution in [3.63, 3.8) is 0 Å². The van der Waals surface area contributed by atoms with Gasteiger partial charge in [-0.25, -0.2) is 13.2 Å². The number of benzene rings is 1. The molecular formula is C16H21BrN2O6S. The highest BCUT2D eigenvalue weighted by atomic mass is 79.9. The highest BCUT2D eigenvalue weighted by Crippen LogP contribution is 2.24. The van der Waals surface area contributed by atoms with Gasteiger partial charge in [0.2, 0.25) is 10.0 Å². The van der Waals surface area contributed by atoms with Crippen LogP contribution in [-0.2, 0) is 19.6 Å². The van der Waals surface area contributed by atoms with E-state index in [9.17, 15) is 23.1 Å². The molecule has 1 aromatic carbocycles. The van der Waals surface area contributed by atoms with Gasteiger partial charge in [-0.3, -0.25) is 4.79 Å². The van der Waals surface area contributed by atoms with Gasteiger partial charge in [0, 0.05) is 17.6 Å². The van der Waals surface area contributed by atoms with E-state index in [1.165, 1.54) is 17.0 Å². The Hall–Kier alpha value is -1.65. The maximum absolute atomic E-state index is 12.8. The standard InChI is InChI=1S/C16H21BrN2O6S/c1-16(2,3)25-15(22)18-8-9-19(13(10-18)14(20)21)26(23,24)12-6-4-11(17)5-7-12/h4-7,13H,8-10H2,1-3H3,(H,20,21). The number of hydrogen-bond acceptors (Lipinski definition) is 5. The maximum Gasteiger partial charge on any atom is 0.410 e. The quantitative estimate of drug-likeness (QED) is 0.759. The fraction of sp³-hybridized carbons (Fsp3) is 0.500. The minimum Gasteiger partial charge on any atom is -0.480 e. The predicted molar refractivity (Wildman–Crippen MR) is 97.3 cm³/mol. The van der Waals surface area contributed by atoms with Crippen LogP contribution in [0.15, 0.2) is 33.6 Å². The summed E-state index contributed by atoms with van der Waals surface area (Å²) >= 11 is 3.23. The molecule has 1 atom stereocenters. The van der Waals surface area contributed by atoms with Gasteiger partial charge in [0.25, 0.3) is 0 Å². The zero-order valence-electron chi connectivity index (χ0n) is 14.7. The molecular weight excluding hydrogens is 428 g/mol. The largest absolute Gasteiger partial charge is 0.480 e. The topological polar surface area (TPSA) is 104 Å². The number of aliphatic carboxylic acids is 1. The molecule has 1 aliphatic heterocycles. The van der Waals surface area contributed by atoms with E-state index in [1.807, 2.05) is 0 Å². The van der Waals surface area contributed by atoms with E-state index in [2.05, 4.69) is 15.9 Å². The Kier molecular flexibility index (Phi) is 5.99. The van der Waals surface area contributed by atoms with Crippen molar-refractivity contribution in [3.05, 3.63) is 28.7 Å². The molecule has 1 saturated heterocycles. The summed E-state index contributed by atoms with van der Waals surface area (Å²) < 4.78 is 32.5. The van der Waals surface area contributed by atoms with Crippen LogP contribution in [0.1, 0.15) is 20.8 Å². The average Bonchev–Trinajstić information content (AvgIpc) is 2.53. The molecule has 1 N–H and O–H groups in total. The number of sulfonamides is 1. The number of hydrogen-bond donors (Lipinski definition) is 1. The summed E-state index contributed by atoms with van der Waals surface area (Å²) in [6.07, 6.45) is -0.663. The van der Waals surface area contributed by atoms with Crippen molar-refractivity contribution < 1.29 is 27.9 Å². The number of piperazine rings is 1. The second kappa shape index (κ2) is 7.53. The first-order chi connectivity index (χ1) is 11.9. The number of carbonyl (C=O) groups is 2. The summed E-state index contributed by atoms with van der Waals surface area (Å²) in [6, 6.07) is 4.56. The summed E-state index contributed by atoms with van der Waals surface area (Å²) in [5.41, 5.74) is -0.726. The number of carbonyl (C=O) groups excluding carboxylic acids is 1. The molecule has 0 aromatic heterocycles. The Morgan fingerprint density at radius 1 is 1.19 bits per heavy atom. The molecule has 0 bridgehead atoms. The molecule has 1 unspecified atom stereocenters. The van der Waals surface area contributed by atoms with Crippen LogP contribution >= 0.6 is 15.9 Å². The lowest BCUT2D eigenvalue weighted by Crippen LogP contribution is -2.59. The van der Waals surface area contributed by atoms with Gasteiger partial charge in [-0.2, -0.15) is 4.31 Å². The molecule has 10 heteroatoms. The lowest BCUT2D eigenvalue weighted by molar-refractivity contribution is -0.143. The van der Waals surface area contributed by atoms with Crippen molar-refractivity contribution in [1.82, 2.24) is 9.21 Å². The fourth-order valence-electron chi connectivity index (χ4n) is 2.49. The van der Waals surface area contributed by atoms with Crippen LogP contribution in [0, 0.1) is 0 Å². The molecule has 0 spiro atoms. The highest BCUT2D eigenvalue weighted by Gasteiger charge is 2.42. The Morgan fingerprint density at radius 3 is 2.27 bits per heavy atom. The fourth-order valence-corrected chi connectivity index (χ4v) is 4.32. The van der Waals surface area contributed by atoms with E-state index >= 15 is 0 Å². The van der Waals surface area contributed by atoms with Gasteiger partial charge in [-0.15, -0.1) is 0 Å². The van der Waals surface area contributed by atoms with Crippen molar-refractivity contribution in [3.8, 4) is 0 Å². The van der Waals surface area contributed by atoms with E-state index in [1.54, 1.807) is 32.9 Å². The predicted octanol–water partition coefficient (Wildman–Crippen LogP) is 2.14. The van der Waals surface area contributed by atoms with Gasteiger partial charge in [0.05, 0.1) is 11.4 Å². The van der Waals surface area contributed by atoms with Crippen LogP contribution in [-0.4, -0.2) is 66.1 Å². The van der Waals surface area contributed by atoms with Gasteiger partial charge >= 0.3 is 12.1 Å². The van der Waals surface area contributed by atoms with Gasteiger partial charge < -0.3 is 14.7 Å². The number of rotatable bonds is 3. The minimum absolute atomic E-state index is 0.00216. The highest BCUT2D eigenvalue weighted by molar-refractivity contribution is 9.10. The van der Waals surface area contributed by atoms with Gasteiger partial charge in [-0.05, 0) is 45.0 Å². The first kappa shape index (κ1) is 20.7. The van der Waals surface area contributed by atoms with Gasteiger partial charge in [-0.1, -0.05) is 15.9 Å². The molecule has 26 heavy (non-hydrogen) atoms. The lowest BCUT2D eigenvalue weighted by atomic mass is 10.2. The molecule has 1 aliphatic rings. The molecule has 144 valence electrons. The molecule has 0 radical (unpaired) electrons. The molecule has 0 aliphatic carbocycles. The van der Waals surface area contributed by atoms with E-state index < -0.39 is 33.7 Å². The zero-order valence-corrected chi connectivity index (χ0v) is 17.1. The Balaban J connectivity index is 2.25. The third-order valence-corrected chi connectivity index (χ3v) is 6.14. The summed E-state index contributed by atoms with van der Waals surface area (Å²) in [6.45, 7) is 4.75. The SMILES string of the molecule is CC(C)(C)OC(=O)N1CCN(S(=O)(=O)c2ccc(Br)cc2)C(C(=O)O)C1. The molecule has 0 saturated carbocycles. The Morgan fingerprint density at radius 2 is 1.77 bits per heavy atom. The minimum atomic E-state index is -4.00. The summed E-state index contributed by atoms with van der Waals surface area (Å²) in [5.74, 6) is -1.32. The van der Waals surface area contributed by atoms with Crippen molar-refractivity contribution in [2.45, 2.75) is 37.3 Å². The first-order valence-corrected chi connectivity index (χ1v) is 10.1. The van der Waals surface area contributed by atoms with Crippen molar-refractivity contribution in [1.29, 1.82) is 0 Å². The lowest BCUT2D eigenvalue weighted by Gasteiger charge is -2.38. The Bertz CT molecular complexity index is 788. The van der Waals surface area contributed by atoms with Crippen LogP contribution in [0.25, 0.3) is 0 Å². The summed E-state index contributed by atoms with van der Waals surface area (Å²) in [4.78, 5) is 25.1. The number of nitrogens with zero attached hydrogens (tertiary/aromatic N) is 2. The van der Waals surface area contributed by atoms with E-state index in [0.717, 1.165) is 4.31 Å². The molecule has 1 amide bonds. The second-order valence-electron chi connectivity index (χ2n) is 6.85. The average molecular weight is 449 g/mol. The number of halogens is 1. The van der Waals surface area contributed by atoms with Crippen molar-refractivity contribution in [2.24, 2.45) is 0 Å². The van der Waals surface area contributed by atoms with Crippen LogP contribution in [0.5, 0.6) is 0 Å². The number of ether oxygens (including phenoxy) is 1. The van der Waals surface area contributed by atoms with Crippen LogP contribution in [0.4, 0.5) is 4.79 Å². The van der Waals surface area contributed by atoms with Crippen molar-refractivity contribution >= 4 is 38.0 Å². The van der Waals surface area contributed by atoms with Crippen molar-refractivity contribution in [2.75, 3.05) is 19.6 Å². The summed E-state index contributed by atoms with van der Waals surface area (Å²) in [7, 11) is -4.00. The number of carboxylic acids is 1. The smallest absolute Gasteiger partial charge is 0.410 e. The first-order valence-electron chi connectivity index (χ1n) is 7.90. The Labute approximate surface area is 160 Å². The molecule has 1 aromatic rings. The van der Waals surface area contributed by atoms with Crippen LogP contribution in [0.2, 0.25) is 0 Å². The van der Waals surface area contributed by atoms with Crippen LogP contribution < -0.4 is 0 Å². The van der Waals surface area contributed by atoms with Gasteiger partial charge in [0.1, 0.15) is 11.6 Å². The molecule has 1 fully saturated rings. The van der Waals surface area contributed by atoms with E-state index in [4.69, 9.17) is 4.74 Å². The molecule has 8 nitrogen and oxygen atoms in total. The summed E-state index contributed by atoms with van der Waals surface area (Å²) in [5, 5.41) is 9.50.